The quantitative estimate of drug-likeness (QED) is 0.0624. The third-order valence-corrected chi connectivity index (χ3v) is 6.42. The van der Waals surface area contributed by atoms with E-state index in [0.717, 1.165) is 0 Å². The van der Waals surface area contributed by atoms with Crippen molar-refractivity contribution in [3.05, 3.63) is 30.1 Å². The van der Waals surface area contributed by atoms with Crippen LogP contribution in [0.5, 0.6) is 0 Å². The van der Waals surface area contributed by atoms with E-state index in [1.165, 1.54) is 141 Å². The predicted octanol–water partition coefficient (Wildman–Crippen LogP) is 12.5. The van der Waals surface area contributed by atoms with Crippen molar-refractivity contribution in [2.45, 2.75) is 149 Å². The Labute approximate surface area is 216 Å². The summed E-state index contributed by atoms with van der Waals surface area (Å²) in [5.74, 6) is 0. The number of unbranched alkanes of at least 4 members (excludes halogenated alkanes) is 19. The van der Waals surface area contributed by atoms with Crippen molar-refractivity contribution in [1.82, 2.24) is 0 Å². The van der Waals surface area contributed by atoms with Crippen LogP contribution in [0, 0.1) is 6.92 Å². The molecule has 1 nitrogen and oxygen atoms in total. The number of hydrogen-bond acceptors (Lipinski definition) is 0. The molecular formula is C28H52F6NP. The van der Waals surface area contributed by atoms with Gasteiger partial charge in [0, 0.05) is 25.5 Å². The zero-order valence-electron chi connectivity index (χ0n) is 22.8. The number of pyridine rings is 1. The molecule has 0 atom stereocenters. The van der Waals surface area contributed by atoms with Gasteiger partial charge in [-0.05, 0) is 6.42 Å². The second-order valence-electron chi connectivity index (χ2n) is 10.2. The summed E-state index contributed by atoms with van der Waals surface area (Å²) >= 11 is 0. The SMILES string of the molecule is CCCCCCCCCCCCCCCCCCCCCC[n+]1ccccc1C.F[P-](F)(F)(F)(F)F. The molecule has 0 bridgehead atoms. The molecule has 1 aromatic rings. The van der Waals surface area contributed by atoms with E-state index >= 15 is 0 Å². The standard InChI is InChI=1S/C28H52N.F6P/c1-3-4-5-6-7-8-9-10-11-12-13-14-15-16-17-18-19-20-21-23-26-29-27-24-22-25-28(29)2;1-7(2,3,4,5)6/h22,24-25,27H,3-21,23,26H2,1-2H3;/q+1;-1. The molecule has 0 aromatic carbocycles. The molecule has 0 saturated carbocycles. The van der Waals surface area contributed by atoms with Crippen LogP contribution < -0.4 is 4.57 Å². The van der Waals surface area contributed by atoms with Crippen molar-refractivity contribution in [3.63, 3.8) is 0 Å². The van der Waals surface area contributed by atoms with Crippen LogP contribution in [0.4, 0.5) is 25.2 Å². The fourth-order valence-corrected chi connectivity index (χ4v) is 4.35. The van der Waals surface area contributed by atoms with E-state index in [2.05, 4.69) is 42.8 Å². The van der Waals surface area contributed by atoms with Crippen molar-refractivity contribution in [2.24, 2.45) is 0 Å². The Balaban J connectivity index is 0.00000152. The van der Waals surface area contributed by atoms with Gasteiger partial charge >= 0.3 is 33.0 Å². The Hall–Kier alpha value is -0.840. The normalized spacial score (nSPS) is 13.6. The van der Waals surface area contributed by atoms with Crippen LogP contribution in [-0.2, 0) is 6.54 Å². The summed E-state index contributed by atoms with van der Waals surface area (Å²) in [6.07, 6.45) is 31.2. The first-order valence-corrected chi connectivity index (χ1v) is 16.3. The van der Waals surface area contributed by atoms with Crippen molar-refractivity contribution in [1.29, 1.82) is 0 Å². The van der Waals surface area contributed by atoms with Crippen molar-refractivity contribution in [2.75, 3.05) is 0 Å². The summed E-state index contributed by atoms with van der Waals surface area (Å²) in [6, 6.07) is 6.48. The van der Waals surface area contributed by atoms with E-state index in [0.29, 0.717) is 0 Å². The molecular weight excluding hydrogens is 495 g/mol. The number of aromatic nitrogens is 1. The third-order valence-electron chi connectivity index (χ3n) is 6.42. The van der Waals surface area contributed by atoms with Gasteiger partial charge in [-0.3, -0.25) is 0 Å². The summed E-state index contributed by atoms with van der Waals surface area (Å²) < 4.78 is 61.6. The Morgan fingerprint density at radius 2 is 0.833 bits per heavy atom. The first-order chi connectivity index (χ1) is 16.8. The molecule has 1 heterocycles. The Kier molecular flexibility index (Phi) is 18.0. The van der Waals surface area contributed by atoms with Crippen LogP contribution in [0.1, 0.15) is 141 Å². The molecule has 36 heavy (non-hydrogen) atoms. The van der Waals surface area contributed by atoms with Gasteiger partial charge in [0.25, 0.3) is 0 Å². The number of hydrogen-bond donors (Lipinski definition) is 0. The third kappa shape index (κ3) is 33.2. The monoisotopic (exact) mass is 547 g/mol. The fourth-order valence-electron chi connectivity index (χ4n) is 4.35. The van der Waals surface area contributed by atoms with Crippen molar-refractivity contribution >= 4 is 7.81 Å². The summed E-state index contributed by atoms with van der Waals surface area (Å²) in [6.45, 7) is 5.69. The molecule has 8 heteroatoms. The Bertz CT molecular complexity index is 637. The number of rotatable bonds is 21. The van der Waals surface area contributed by atoms with Crippen LogP contribution in [0.15, 0.2) is 24.4 Å². The van der Waals surface area contributed by atoms with E-state index in [1.807, 2.05) is 0 Å². The fraction of sp³-hybridized carbons (Fsp3) is 0.821. The maximum atomic E-state index is 9.87. The van der Waals surface area contributed by atoms with Gasteiger partial charge in [0.15, 0.2) is 11.9 Å². The molecule has 0 aliphatic rings. The summed E-state index contributed by atoms with van der Waals surface area (Å²) in [7, 11) is -10.7. The first-order valence-electron chi connectivity index (χ1n) is 14.3. The van der Waals surface area contributed by atoms with E-state index < -0.39 is 7.81 Å². The predicted molar refractivity (Wildman–Crippen MR) is 143 cm³/mol. The van der Waals surface area contributed by atoms with Gasteiger partial charge in [-0.25, -0.2) is 4.57 Å². The Morgan fingerprint density at radius 1 is 0.528 bits per heavy atom. The van der Waals surface area contributed by atoms with Crippen LogP contribution in [-0.4, -0.2) is 0 Å². The van der Waals surface area contributed by atoms with Gasteiger partial charge < -0.3 is 0 Å². The van der Waals surface area contributed by atoms with Crippen LogP contribution in [0.3, 0.4) is 0 Å². The first kappa shape index (κ1) is 35.2. The van der Waals surface area contributed by atoms with Crippen LogP contribution in [0.25, 0.3) is 0 Å². The van der Waals surface area contributed by atoms with Gasteiger partial charge in [-0.2, -0.15) is 0 Å². The van der Waals surface area contributed by atoms with Crippen molar-refractivity contribution in [3.8, 4) is 0 Å². The molecule has 0 aliphatic carbocycles. The summed E-state index contributed by atoms with van der Waals surface area (Å²) in [5, 5.41) is 0. The zero-order chi connectivity index (χ0) is 27.2. The van der Waals surface area contributed by atoms with Gasteiger partial charge in [0.1, 0.15) is 6.54 Å². The Morgan fingerprint density at radius 3 is 1.14 bits per heavy atom. The van der Waals surface area contributed by atoms with Gasteiger partial charge in [-0.1, -0.05) is 129 Å². The minimum absolute atomic E-state index is 1.19. The van der Waals surface area contributed by atoms with Gasteiger partial charge in [0.05, 0.1) is 0 Å². The molecule has 1 aromatic heterocycles. The average Bonchev–Trinajstić information content (AvgIpc) is 2.77. The molecule has 216 valence electrons. The number of nitrogens with zero attached hydrogens (tertiary/aromatic N) is 1. The summed E-state index contributed by atoms with van der Waals surface area (Å²) in [4.78, 5) is 0. The van der Waals surface area contributed by atoms with Gasteiger partial charge in [-0.15, -0.1) is 0 Å². The molecule has 0 radical (unpaired) electrons. The van der Waals surface area contributed by atoms with Gasteiger partial charge in [0.2, 0.25) is 0 Å². The molecule has 0 aliphatic heterocycles. The zero-order valence-corrected chi connectivity index (χ0v) is 23.7. The van der Waals surface area contributed by atoms with Crippen LogP contribution >= 0.6 is 7.81 Å². The molecule has 1 rings (SSSR count). The second kappa shape index (κ2) is 18.4. The molecule has 0 amide bonds. The minimum atomic E-state index is -10.7. The number of aryl methyl sites for hydroxylation is 2. The van der Waals surface area contributed by atoms with E-state index in [9.17, 15) is 25.2 Å². The molecule has 0 N–H and O–H groups in total. The van der Waals surface area contributed by atoms with Crippen LogP contribution in [0.2, 0.25) is 0 Å². The number of halogens is 6. The van der Waals surface area contributed by atoms with Crippen molar-refractivity contribution < 1.29 is 29.7 Å². The molecule has 0 saturated heterocycles. The van der Waals surface area contributed by atoms with E-state index in [4.69, 9.17) is 0 Å². The maximum absolute atomic E-state index is 10.7. The average molecular weight is 548 g/mol. The summed E-state index contributed by atoms with van der Waals surface area (Å²) in [5.41, 5.74) is 1.38. The topological polar surface area (TPSA) is 3.88 Å². The second-order valence-corrected chi connectivity index (χ2v) is 12.1. The van der Waals surface area contributed by atoms with E-state index in [1.54, 1.807) is 0 Å². The van der Waals surface area contributed by atoms with E-state index in [-0.39, 0.29) is 0 Å². The molecule has 0 unspecified atom stereocenters. The molecule has 0 fully saturated rings. The molecule has 0 spiro atoms.